The van der Waals surface area contributed by atoms with Gasteiger partial charge >= 0.3 is 18.2 Å². The third kappa shape index (κ3) is 6.74. The highest BCUT2D eigenvalue weighted by atomic mass is 35.5. The molecule has 1 aromatic rings. The fourth-order valence-corrected chi connectivity index (χ4v) is 2.12. The van der Waals surface area contributed by atoms with Crippen molar-refractivity contribution < 1.29 is 32.2 Å². The van der Waals surface area contributed by atoms with Crippen molar-refractivity contribution in [1.82, 2.24) is 0 Å². The summed E-state index contributed by atoms with van der Waals surface area (Å²) in [6, 6.07) is 1.41. The van der Waals surface area contributed by atoms with Crippen LogP contribution in [0.1, 0.15) is 56.5 Å². The van der Waals surface area contributed by atoms with Crippen LogP contribution >= 0.6 is 11.6 Å². The second-order valence-corrected chi connectivity index (χ2v) is 6.90. The Balaban J connectivity index is 3.23. The molecular formula is C17H21ClF3NO4. The maximum absolute atomic E-state index is 13.1. The van der Waals surface area contributed by atoms with E-state index in [1.807, 2.05) is 6.92 Å². The van der Waals surface area contributed by atoms with Crippen molar-refractivity contribution in [3.63, 3.8) is 0 Å². The second kappa shape index (κ2) is 8.62. The summed E-state index contributed by atoms with van der Waals surface area (Å²) in [5.41, 5.74) is -2.83. The van der Waals surface area contributed by atoms with E-state index in [1.165, 1.54) is 0 Å². The van der Waals surface area contributed by atoms with Gasteiger partial charge < -0.3 is 9.47 Å². The smallest absolute Gasteiger partial charge is 0.417 e. The number of carbonyl (C=O) groups excluding carboxylic acids is 2. The molecule has 0 fully saturated rings. The number of halogens is 4. The quantitative estimate of drug-likeness (QED) is 0.516. The van der Waals surface area contributed by atoms with Gasteiger partial charge in [-0.25, -0.2) is 9.59 Å². The molecule has 0 aliphatic carbocycles. The lowest BCUT2D eigenvalue weighted by Crippen LogP contribution is -2.25. The van der Waals surface area contributed by atoms with Gasteiger partial charge in [-0.3, -0.25) is 5.32 Å². The Morgan fingerprint density at radius 1 is 1.19 bits per heavy atom. The van der Waals surface area contributed by atoms with Gasteiger partial charge in [-0.2, -0.15) is 13.2 Å². The van der Waals surface area contributed by atoms with E-state index in [4.69, 9.17) is 21.1 Å². The van der Waals surface area contributed by atoms with Crippen LogP contribution < -0.4 is 5.32 Å². The standard InChI is InChI=1S/C17H21ClF3NO4/c1-5-6-7-25-15(24)22-13-9-12(18)11(17(19,20)21)8-10(13)14(23)26-16(2,3)4/h8-9H,5-7H2,1-4H3,(H,22,24). The third-order valence-electron chi connectivity index (χ3n) is 3.00. The minimum atomic E-state index is -4.77. The van der Waals surface area contributed by atoms with Gasteiger partial charge in [0.15, 0.2) is 0 Å². The van der Waals surface area contributed by atoms with E-state index in [-0.39, 0.29) is 12.3 Å². The van der Waals surface area contributed by atoms with E-state index in [9.17, 15) is 22.8 Å². The molecule has 0 unspecified atom stereocenters. The predicted octanol–water partition coefficient (Wildman–Crippen LogP) is 5.66. The largest absolute Gasteiger partial charge is 0.456 e. The van der Waals surface area contributed by atoms with Gasteiger partial charge in [0.05, 0.1) is 28.4 Å². The van der Waals surface area contributed by atoms with Crippen LogP contribution in [-0.2, 0) is 15.7 Å². The van der Waals surface area contributed by atoms with Crippen molar-refractivity contribution >= 4 is 29.4 Å². The van der Waals surface area contributed by atoms with Gasteiger partial charge in [-0.15, -0.1) is 0 Å². The Kier molecular flexibility index (Phi) is 7.32. The number of esters is 1. The van der Waals surface area contributed by atoms with E-state index in [0.29, 0.717) is 12.5 Å². The fourth-order valence-electron chi connectivity index (χ4n) is 1.85. The number of hydrogen-bond acceptors (Lipinski definition) is 4. The first-order valence-corrected chi connectivity index (χ1v) is 8.30. The molecule has 1 aromatic carbocycles. The SMILES string of the molecule is CCCCOC(=O)Nc1cc(Cl)c(C(F)(F)F)cc1C(=O)OC(C)(C)C. The van der Waals surface area contributed by atoms with Crippen LogP contribution in [0.5, 0.6) is 0 Å². The second-order valence-electron chi connectivity index (χ2n) is 6.49. The number of nitrogens with one attached hydrogen (secondary N) is 1. The first kappa shape index (κ1) is 22.1. The number of hydrogen-bond donors (Lipinski definition) is 1. The van der Waals surface area contributed by atoms with Crippen molar-refractivity contribution in [2.75, 3.05) is 11.9 Å². The first-order valence-electron chi connectivity index (χ1n) is 7.93. The number of benzene rings is 1. The van der Waals surface area contributed by atoms with E-state index in [2.05, 4.69) is 5.32 Å². The molecule has 0 radical (unpaired) electrons. The highest BCUT2D eigenvalue weighted by Gasteiger charge is 2.35. The van der Waals surface area contributed by atoms with Crippen LogP contribution in [0.2, 0.25) is 5.02 Å². The summed E-state index contributed by atoms with van der Waals surface area (Å²) in [6.45, 7) is 6.74. The first-order chi connectivity index (χ1) is 11.8. The van der Waals surface area contributed by atoms with E-state index >= 15 is 0 Å². The lowest BCUT2D eigenvalue weighted by Gasteiger charge is -2.21. The molecule has 9 heteroatoms. The summed E-state index contributed by atoms with van der Waals surface area (Å²) in [5, 5.41) is 1.58. The summed E-state index contributed by atoms with van der Waals surface area (Å²) < 4.78 is 49.2. The molecule has 0 bridgehead atoms. The van der Waals surface area contributed by atoms with Gasteiger partial charge in [0.2, 0.25) is 0 Å². The average Bonchev–Trinajstić information content (AvgIpc) is 2.44. The number of unbranched alkanes of at least 4 members (excludes halogenated alkanes) is 1. The minimum Gasteiger partial charge on any atom is -0.456 e. The fraction of sp³-hybridized carbons (Fsp3) is 0.529. The molecule has 146 valence electrons. The molecule has 0 aromatic heterocycles. The van der Waals surface area contributed by atoms with Gasteiger partial charge in [0, 0.05) is 0 Å². The lowest BCUT2D eigenvalue weighted by atomic mass is 10.1. The highest BCUT2D eigenvalue weighted by molar-refractivity contribution is 6.32. The van der Waals surface area contributed by atoms with Crippen LogP contribution in [-0.4, -0.2) is 24.3 Å². The number of anilines is 1. The summed E-state index contributed by atoms with van der Waals surface area (Å²) in [7, 11) is 0. The Bertz CT molecular complexity index is 669. The number of amides is 1. The Morgan fingerprint density at radius 2 is 1.81 bits per heavy atom. The molecule has 0 aliphatic heterocycles. The molecule has 0 saturated carbocycles. The Morgan fingerprint density at radius 3 is 2.31 bits per heavy atom. The molecule has 1 N–H and O–H groups in total. The predicted molar refractivity (Wildman–Crippen MR) is 91.5 cm³/mol. The molecule has 0 heterocycles. The Hall–Kier alpha value is -1.96. The third-order valence-corrected chi connectivity index (χ3v) is 3.31. The number of alkyl halides is 3. The molecule has 26 heavy (non-hydrogen) atoms. The van der Waals surface area contributed by atoms with Crippen molar-refractivity contribution in [1.29, 1.82) is 0 Å². The zero-order chi connectivity index (χ0) is 20.1. The monoisotopic (exact) mass is 395 g/mol. The summed E-state index contributed by atoms with van der Waals surface area (Å²) in [5.74, 6) is -1.02. The summed E-state index contributed by atoms with van der Waals surface area (Å²) in [6.07, 6.45) is -4.25. The van der Waals surface area contributed by atoms with Crippen molar-refractivity contribution in [3.8, 4) is 0 Å². The van der Waals surface area contributed by atoms with Gasteiger partial charge in [0.25, 0.3) is 0 Å². The maximum Gasteiger partial charge on any atom is 0.417 e. The van der Waals surface area contributed by atoms with Crippen molar-refractivity contribution in [2.45, 2.75) is 52.3 Å². The summed E-state index contributed by atoms with van der Waals surface area (Å²) in [4.78, 5) is 24.1. The van der Waals surface area contributed by atoms with Crippen LogP contribution in [0.25, 0.3) is 0 Å². The number of rotatable bonds is 5. The van der Waals surface area contributed by atoms with Crippen LogP contribution in [0.4, 0.5) is 23.7 Å². The molecular weight excluding hydrogens is 375 g/mol. The van der Waals surface area contributed by atoms with Gasteiger partial charge in [-0.05, 0) is 39.3 Å². The van der Waals surface area contributed by atoms with E-state index < -0.39 is 40.0 Å². The van der Waals surface area contributed by atoms with Gasteiger partial charge in [0.1, 0.15) is 5.60 Å². The van der Waals surface area contributed by atoms with E-state index in [1.54, 1.807) is 20.8 Å². The number of ether oxygens (including phenoxy) is 2. The summed E-state index contributed by atoms with van der Waals surface area (Å²) >= 11 is 5.67. The molecule has 0 atom stereocenters. The topological polar surface area (TPSA) is 64.6 Å². The zero-order valence-electron chi connectivity index (χ0n) is 14.9. The minimum absolute atomic E-state index is 0.137. The normalized spacial score (nSPS) is 11.8. The molecule has 1 rings (SSSR count). The molecule has 0 aliphatic rings. The molecule has 5 nitrogen and oxygen atoms in total. The molecule has 1 amide bonds. The number of carbonyl (C=O) groups is 2. The maximum atomic E-state index is 13.1. The van der Waals surface area contributed by atoms with Crippen molar-refractivity contribution in [2.24, 2.45) is 0 Å². The lowest BCUT2D eigenvalue weighted by molar-refractivity contribution is -0.137. The van der Waals surface area contributed by atoms with Gasteiger partial charge in [-0.1, -0.05) is 24.9 Å². The Labute approximate surface area is 154 Å². The van der Waals surface area contributed by atoms with Crippen LogP contribution in [0.3, 0.4) is 0 Å². The van der Waals surface area contributed by atoms with Crippen LogP contribution in [0.15, 0.2) is 12.1 Å². The molecule has 0 spiro atoms. The highest BCUT2D eigenvalue weighted by Crippen LogP contribution is 2.38. The van der Waals surface area contributed by atoms with E-state index in [0.717, 1.165) is 12.5 Å². The van der Waals surface area contributed by atoms with Crippen LogP contribution in [0, 0.1) is 0 Å². The molecule has 0 saturated heterocycles. The zero-order valence-corrected chi connectivity index (χ0v) is 15.7. The van der Waals surface area contributed by atoms with Crippen molar-refractivity contribution in [3.05, 3.63) is 28.3 Å². The average molecular weight is 396 g/mol.